The van der Waals surface area contributed by atoms with E-state index >= 15 is 0 Å². The molecular weight excluding hydrogens is 314 g/mol. The summed E-state index contributed by atoms with van der Waals surface area (Å²) in [5.41, 5.74) is 1.55. The van der Waals surface area contributed by atoms with E-state index in [1.165, 1.54) is 0 Å². The molecule has 1 aromatic carbocycles. The van der Waals surface area contributed by atoms with Crippen molar-refractivity contribution in [2.24, 2.45) is 0 Å². The number of H-pyrrole nitrogens is 1. The highest BCUT2D eigenvalue weighted by atomic mass is 35.5. The molecule has 0 radical (unpaired) electrons. The van der Waals surface area contributed by atoms with E-state index in [4.69, 9.17) is 11.6 Å². The van der Waals surface area contributed by atoms with E-state index in [9.17, 15) is 9.59 Å². The number of nitrogens with one attached hydrogen (secondary N) is 1. The zero-order chi connectivity index (χ0) is 16.4. The first-order valence-electron chi connectivity index (χ1n) is 8.27. The van der Waals surface area contributed by atoms with Gasteiger partial charge in [0.2, 0.25) is 5.91 Å². The van der Waals surface area contributed by atoms with Gasteiger partial charge in [-0.2, -0.15) is 0 Å². The van der Waals surface area contributed by atoms with Crippen molar-refractivity contribution < 1.29 is 4.79 Å². The normalized spacial score (nSPS) is 16.2. The molecule has 0 atom stereocenters. The Hall–Kier alpha value is -1.75. The van der Waals surface area contributed by atoms with Crippen LogP contribution in [0.3, 0.4) is 0 Å². The minimum Gasteiger partial charge on any atom is -0.343 e. The van der Waals surface area contributed by atoms with Gasteiger partial charge < -0.3 is 9.88 Å². The number of unbranched alkanes of at least 4 members (excludes halogenated alkanes) is 1. The van der Waals surface area contributed by atoms with Crippen molar-refractivity contribution in [2.75, 3.05) is 13.1 Å². The molecule has 0 spiro atoms. The number of carbonyl (C=O) groups is 1. The molecule has 5 nitrogen and oxygen atoms in total. The summed E-state index contributed by atoms with van der Waals surface area (Å²) in [6.07, 6.45) is 4.24. The second kappa shape index (κ2) is 6.79. The number of nitrogens with zero attached hydrogens (tertiary/aromatic N) is 2. The van der Waals surface area contributed by atoms with Crippen LogP contribution in [0.25, 0.3) is 11.0 Å². The Labute approximate surface area is 140 Å². The third kappa shape index (κ3) is 3.29. The van der Waals surface area contributed by atoms with E-state index in [0.717, 1.165) is 49.8 Å². The molecule has 1 N–H and O–H groups in total. The molecule has 1 aromatic heterocycles. The van der Waals surface area contributed by atoms with Crippen molar-refractivity contribution in [2.45, 2.75) is 45.1 Å². The van der Waals surface area contributed by atoms with Gasteiger partial charge in [0.15, 0.2) is 0 Å². The highest BCUT2D eigenvalue weighted by Gasteiger charge is 2.25. The number of piperidine rings is 1. The molecule has 23 heavy (non-hydrogen) atoms. The van der Waals surface area contributed by atoms with Gasteiger partial charge in [-0.15, -0.1) is 0 Å². The van der Waals surface area contributed by atoms with Crippen LogP contribution < -0.4 is 5.69 Å². The summed E-state index contributed by atoms with van der Waals surface area (Å²) in [5.74, 6) is 0.239. The molecule has 124 valence electrons. The quantitative estimate of drug-likeness (QED) is 0.931. The van der Waals surface area contributed by atoms with E-state index in [0.29, 0.717) is 11.4 Å². The van der Waals surface area contributed by atoms with Crippen molar-refractivity contribution in [3.8, 4) is 0 Å². The first-order chi connectivity index (χ1) is 11.1. The third-order valence-electron chi connectivity index (χ3n) is 4.61. The van der Waals surface area contributed by atoms with Crippen molar-refractivity contribution in [3.05, 3.63) is 33.7 Å². The Morgan fingerprint density at radius 3 is 2.78 bits per heavy atom. The van der Waals surface area contributed by atoms with Gasteiger partial charge in [0, 0.05) is 30.6 Å². The summed E-state index contributed by atoms with van der Waals surface area (Å²) in [5, 5.41) is 0.613. The number of fused-ring (bicyclic) bond motifs is 1. The molecule has 3 rings (SSSR count). The van der Waals surface area contributed by atoms with Crippen LogP contribution in [0.4, 0.5) is 0 Å². The number of amides is 1. The predicted octanol–water partition coefficient (Wildman–Crippen LogP) is 3.34. The van der Waals surface area contributed by atoms with Crippen LogP contribution in [-0.4, -0.2) is 33.4 Å². The molecule has 1 amide bonds. The SMILES string of the molecule is CCCCC(=O)N1CCC(n2c(=O)[nH]c3cc(Cl)ccc32)CC1. The van der Waals surface area contributed by atoms with E-state index in [1.807, 2.05) is 15.5 Å². The summed E-state index contributed by atoms with van der Waals surface area (Å²) >= 11 is 5.99. The van der Waals surface area contributed by atoms with Gasteiger partial charge in [-0.3, -0.25) is 9.36 Å². The highest BCUT2D eigenvalue weighted by molar-refractivity contribution is 6.31. The number of aromatic nitrogens is 2. The van der Waals surface area contributed by atoms with Crippen molar-refractivity contribution in [1.29, 1.82) is 0 Å². The van der Waals surface area contributed by atoms with E-state index in [-0.39, 0.29) is 17.6 Å². The summed E-state index contributed by atoms with van der Waals surface area (Å²) in [4.78, 5) is 29.2. The monoisotopic (exact) mass is 335 g/mol. The average molecular weight is 336 g/mol. The molecule has 1 aliphatic rings. The van der Waals surface area contributed by atoms with Crippen LogP contribution in [-0.2, 0) is 4.79 Å². The fraction of sp³-hybridized carbons (Fsp3) is 0.529. The lowest BCUT2D eigenvalue weighted by molar-refractivity contribution is -0.132. The molecule has 1 fully saturated rings. The molecule has 1 aliphatic heterocycles. The van der Waals surface area contributed by atoms with Gasteiger partial charge in [-0.1, -0.05) is 24.9 Å². The van der Waals surface area contributed by atoms with E-state index in [2.05, 4.69) is 11.9 Å². The Morgan fingerprint density at radius 1 is 1.35 bits per heavy atom. The number of hydrogen-bond acceptors (Lipinski definition) is 2. The van der Waals surface area contributed by atoms with Crippen LogP contribution in [0, 0.1) is 0 Å². The summed E-state index contributed by atoms with van der Waals surface area (Å²) in [6, 6.07) is 5.59. The Morgan fingerprint density at radius 2 is 2.09 bits per heavy atom. The maximum Gasteiger partial charge on any atom is 0.326 e. The number of imidazole rings is 1. The summed E-state index contributed by atoms with van der Waals surface area (Å²) < 4.78 is 1.82. The molecule has 0 bridgehead atoms. The minimum absolute atomic E-state index is 0.0990. The number of rotatable bonds is 4. The average Bonchev–Trinajstić information content (AvgIpc) is 2.87. The lowest BCUT2D eigenvalue weighted by Gasteiger charge is -2.32. The number of hydrogen-bond donors (Lipinski definition) is 1. The third-order valence-corrected chi connectivity index (χ3v) is 4.84. The Kier molecular flexibility index (Phi) is 4.76. The second-order valence-corrected chi connectivity index (χ2v) is 6.61. The Bertz CT molecular complexity index is 757. The first-order valence-corrected chi connectivity index (χ1v) is 8.65. The minimum atomic E-state index is -0.0990. The number of benzene rings is 1. The maximum atomic E-state index is 12.3. The maximum absolute atomic E-state index is 12.3. The second-order valence-electron chi connectivity index (χ2n) is 6.18. The van der Waals surface area contributed by atoms with E-state index < -0.39 is 0 Å². The largest absolute Gasteiger partial charge is 0.343 e. The van der Waals surface area contributed by atoms with Gasteiger partial charge in [0.25, 0.3) is 0 Å². The molecule has 0 saturated carbocycles. The highest BCUT2D eigenvalue weighted by Crippen LogP contribution is 2.26. The zero-order valence-corrected chi connectivity index (χ0v) is 14.1. The van der Waals surface area contributed by atoms with Gasteiger partial charge in [0.1, 0.15) is 0 Å². The van der Waals surface area contributed by atoms with Crippen molar-refractivity contribution in [3.63, 3.8) is 0 Å². The van der Waals surface area contributed by atoms with Crippen LogP contribution in [0.5, 0.6) is 0 Å². The van der Waals surface area contributed by atoms with Crippen molar-refractivity contribution in [1.82, 2.24) is 14.5 Å². The molecule has 6 heteroatoms. The lowest BCUT2D eigenvalue weighted by Crippen LogP contribution is -2.40. The number of carbonyl (C=O) groups excluding carboxylic acids is 1. The van der Waals surface area contributed by atoms with Crippen LogP contribution in [0.2, 0.25) is 5.02 Å². The van der Waals surface area contributed by atoms with Gasteiger partial charge >= 0.3 is 5.69 Å². The lowest BCUT2D eigenvalue weighted by atomic mass is 10.0. The molecule has 2 heterocycles. The first kappa shape index (κ1) is 16.1. The molecule has 1 saturated heterocycles. The molecular formula is C17H22ClN3O2. The summed E-state index contributed by atoms with van der Waals surface area (Å²) in [6.45, 7) is 3.54. The zero-order valence-electron chi connectivity index (χ0n) is 13.3. The number of likely N-dealkylation sites (tertiary alicyclic amines) is 1. The fourth-order valence-corrected chi connectivity index (χ4v) is 3.50. The number of aromatic amines is 1. The van der Waals surface area contributed by atoms with Crippen LogP contribution in [0.1, 0.15) is 45.1 Å². The van der Waals surface area contributed by atoms with Crippen molar-refractivity contribution >= 4 is 28.5 Å². The Balaban J connectivity index is 1.74. The molecule has 0 aliphatic carbocycles. The van der Waals surface area contributed by atoms with Gasteiger partial charge in [-0.05, 0) is 37.5 Å². The number of halogens is 1. The standard InChI is InChI=1S/C17H22ClN3O2/c1-2-3-4-16(22)20-9-7-13(8-10-20)21-15-6-5-12(18)11-14(15)19-17(21)23/h5-6,11,13H,2-4,7-10H2,1H3,(H,19,23). The smallest absolute Gasteiger partial charge is 0.326 e. The van der Waals surface area contributed by atoms with Crippen LogP contribution >= 0.6 is 11.6 Å². The van der Waals surface area contributed by atoms with Gasteiger partial charge in [0.05, 0.1) is 11.0 Å². The predicted molar refractivity (Wildman–Crippen MR) is 91.9 cm³/mol. The summed E-state index contributed by atoms with van der Waals surface area (Å²) in [7, 11) is 0. The molecule has 2 aromatic rings. The van der Waals surface area contributed by atoms with Gasteiger partial charge in [-0.25, -0.2) is 4.79 Å². The fourth-order valence-electron chi connectivity index (χ4n) is 3.33. The molecule has 0 unspecified atom stereocenters. The topological polar surface area (TPSA) is 58.1 Å². The van der Waals surface area contributed by atoms with E-state index in [1.54, 1.807) is 12.1 Å². The van der Waals surface area contributed by atoms with Crippen LogP contribution in [0.15, 0.2) is 23.0 Å².